The van der Waals surface area contributed by atoms with Crippen molar-refractivity contribution >= 4 is 5.97 Å². The van der Waals surface area contributed by atoms with Crippen molar-refractivity contribution in [3.8, 4) is 0 Å². The van der Waals surface area contributed by atoms with Crippen LogP contribution in [0.15, 0.2) is 0 Å². The Morgan fingerprint density at radius 2 is 2.16 bits per heavy atom. The summed E-state index contributed by atoms with van der Waals surface area (Å²) < 4.78 is 16.8. The number of esters is 1. The normalized spacial score (nSPS) is 25.3. The highest BCUT2D eigenvalue weighted by molar-refractivity contribution is 5.69. The number of carbonyl (C=O) groups excluding carboxylic acids is 1. The molecule has 2 rings (SSSR count). The van der Waals surface area contributed by atoms with E-state index in [2.05, 4.69) is 4.90 Å². The minimum Gasteiger partial charge on any atom is -0.466 e. The number of ether oxygens (including phenoxy) is 3. The first-order chi connectivity index (χ1) is 9.13. The van der Waals surface area contributed by atoms with E-state index in [0.717, 1.165) is 19.4 Å². The van der Waals surface area contributed by atoms with Crippen LogP contribution in [0, 0.1) is 0 Å². The molecule has 0 amide bonds. The van der Waals surface area contributed by atoms with Crippen LogP contribution in [0.25, 0.3) is 0 Å². The van der Waals surface area contributed by atoms with Gasteiger partial charge in [0.1, 0.15) is 0 Å². The fraction of sp³-hybridized carbons (Fsp3) is 0.929. The number of rotatable bonds is 6. The van der Waals surface area contributed by atoms with Gasteiger partial charge in [0, 0.05) is 25.9 Å². The molecule has 2 aliphatic rings. The molecule has 0 bridgehead atoms. The van der Waals surface area contributed by atoms with Gasteiger partial charge in [-0.2, -0.15) is 0 Å². The van der Waals surface area contributed by atoms with Gasteiger partial charge < -0.3 is 19.1 Å². The van der Waals surface area contributed by atoms with Gasteiger partial charge >= 0.3 is 5.97 Å². The van der Waals surface area contributed by atoms with Crippen molar-refractivity contribution in [1.29, 1.82) is 0 Å². The SMILES string of the molecule is CCOC(=O)CCN(C)CC1COC2(CCCC2)O1. The predicted octanol–water partition coefficient (Wildman–Crippen LogP) is 1.56. The van der Waals surface area contributed by atoms with Crippen LogP contribution >= 0.6 is 0 Å². The Morgan fingerprint density at radius 1 is 1.42 bits per heavy atom. The van der Waals surface area contributed by atoms with E-state index in [1.54, 1.807) is 0 Å². The molecule has 0 aromatic carbocycles. The maximum Gasteiger partial charge on any atom is 0.307 e. The van der Waals surface area contributed by atoms with Gasteiger partial charge in [0.15, 0.2) is 5.79 Å². The third-order valence-electron chi connectivity index (χ3n) is 3.80. The van der Waals surface area contributed by atoms with Gasteiger partial charge in [0.05, 0.1) is 25.7 Å². The van der Waals surface area contributed by atoms with Gasteiger partial charge in [0.2, 0.25) is 0 Å². The summed E-state index contributed by atoms with van der Waals surface area (Å²) in [5.41, 5.74) is 0. The number of nitrogens with zero attached hydrogens (tertiary/aromatic N) is 1. The average Bonchev–Trinajstić information content (AvgIpc) is 2.98. The number of carbonyl (C=O) groups is 1. The van der Waals surface area contributed by atoms with Crippen molar-refractivity contribution in [2.24, 2.45) is 0 Å². The highest BCUT2D eigenvalue weighted by atomic mass is 16.7. The number of likely N-dealkylation sites (N-methyl/N-ethyl adjacent to an activating group) is 1. The Bertz CT molecular complexity index is 302. The van der Waals surface area contributed by atoms with E-state index >= 15 is 0 Å². The molecule has 0 aromatic rings. The second-order valence-corrected chi connectivity index (χ2v) is 5.49. The van der Waals surface area contributed by atoms with Crippen molar-refractivity contribution in [3.63, 3.8) is 0 Å². The Morgan fingerprint density at radius 3 is 2.84 bits per heavy atom. The van der Waals surface area contributed by atoms with Gasteiger partial charge in [-0.3, -0.25) is 4.79 Å². The molecule has 1 aliphatic carbocycles. The maximum atomic E-state index is 11.3. The van der Waals surface area contributed by atoms with Crippen LogP contribution in [0.5, 0.6) is 0 Å². The number of hydrogen-bond acceptors (Lipinski definition) is 5. The van der Waals surface area contributed by atoms with Crippen LogP contribution in [-0.2, 0) is 19.0 Å². The molecular weight excluding hydrogens is 246 g/mol. The van der Waals surface area contributed by atoms with Gasteiger partial charge in [-0.1, -0.05) is 0 Å². The van der Waals surface area contributed by atoms with E-state index in [1.807, 2.05) is 14.0 Å². The minimum absolute atomic E-state index is 0.130. The first-order valence-corrected chi connectivity index (χ1v) is 7.29. The first kappa shape index (κ1) is 14.8. The van der Waals surface area contributed by atoms with Crippen LogP contribution < -0.4 is 0 Å². The lowest BCUT2D eigenvalue weighted by Gasteiger charge is -2.24. The fourth-order valence-electron chi connectivity index (χ4n) is 2.84. The summed E-state index contributed by atoms with van der Waals surface area (Å²) in [6, 6.07) is 0. The molecule has 110 valence electrons. The largest absolute Gasteiger partial charge is 0.466 e. The molecule has 1 heterocycles. The molecule has 0 N–H and O–H groups in total. The van der Waals surface area contributed by atoms with E-state index in [-0.39, 0.29) is 17.9 Å². The zero-order valence-corrected chi connectivity index (χ0v) is 12.0. The Balaban J connectivity index is 1.66. The molecule has 1 spiro atoms. The van der Waals surface area contributed by atoms with Gasteiger partial charge in [-0.15, -0.1) is 0 Å². The molecule has 1 aliphatic heterocycles. The fourth-order valence-corrected chi connectivity index (χ4v) is 2.84. The summed E-state index contributed by atoms with van der Waals surface area (Å²) >= 11 is 0. The van der Waals surface area contributed by atoms with Crippen molar-refractivity contribution in [2.75, 3.05) is 33.4 Å². The average molecular weight is 271 g/mol. The molecule has 5 nitrogen and oxygen atoms in total. The van der Waals surface area contributed by atoms with Crippen LogP contribution in [0.4, 0.5) is 0 Å². The minimum atomic E-state index is -0.285. The second-order valence-electron chi connectivity index (χ2n) is 5.49. The smallest absolute Gasteiger partial charge is 0.307 e. The van der Waals surface area contributed by atoms with Crippen LogP contribution in [0.2, 0.25) is 0 Å². The highest BCUT2D eigenvalue weighted by Crippen LogP contribution is 2.39. The summed E-state index contributed by atoms with van der Waals surface area (Å²) in [6.07, 6.45) is 5.01. The lowest BCUT2D eigenvalue weighted by molar-refractivity contribution is -0.163. The quantitative estimate of drug-likeness (QED) is 0.686. The van der Waals surface area contributed by atoms with E-state index in [4.69, 9.17) is 14.2 Å². The maximum absolute atomic E-state index is 11.3. The molecule has 0 radical (unpaired) electrons. The van der Waals surface area contributed by atoms with E-state index in [0.29, 0.717) is 26.2 Å². The Kier molecular flexibility index (Phi) is 5.19. The lowest BCUT2D eigenvalue weighted by atomic mass is 10.2. The van der Waals surface area contributed by atoms with Crippen molar-refractivity contribution in [2.45, 2.75) is 50.9 Å². The molecule has 1 unspecified atom stereocenters. The predicted molar refractivity (Wildman–Crippen MR) is 70.8 cm³/mol. The summed E-state index contributed by atoms with van der Waals surface area (Å²) in [6.45, 7) is 4.45. The van der Waals surface area contributed by atoms with Gasteiger partial charge in [-0.05, 0) is 26.8 Å². The Labute approximate surface area is 115 Å². The standard InChI is InChI=1S/C14H25NO4/c1-3-17-13(16)6-9-15(2)10-12-11-18-14(19-12)7-4-5-8-14/h12H,3-11H2,1-2H3. The van der Waals surface area contributed by atoms with Crippen molar-refractivity contribution in [3.05, 3.63) is 0 Å². The zero-order chi connectivity index (χ0) is 13.7. The highest BCUT2D eigenvalue weighted by Gasteiger charge is 2.43. The molecule has 19 heavy (non-hydrogen) atoms. The summed E-state index contributed by atoms with van der Waals surface area (Å²) in [5, 5.41) is 0. The summed E-state index contributed by atoms with van der Waals surface area (Å²) in [5.74, 6) is -0.419. The molecule has 2 fully saturated rings. The molecule has 1 atom stereocenters. The molecule has 0 aromatic heterocycles. The van der Waals surface area contributed by atoms with E-state index in [1.165, 1.54) is 12.8 Å². The van der Waals surface area contributed by atoms with Crippen molar-refractivity contribution in [1.82, 2.24) is 4.90 Å². The van der Waals surface area contributed by atoms with Crippen LogP contribution in [0.1, 0.15) is 39.0 Å². The molecule has 5 heteroatoms. The topological polar surface area (TPSA) is 48.0 Å². The monoisotopic (exact) mass is 271 g/mol. The summed E-state index contributed by atoms with van der Waals surface area (Å²) in [4.78, 5) is 13.4. The van der Waals surface area contributed by atoms with Gasteiger partial charge in [-0.25, -0.2) is 0 Å². The summed E-state index contributed by atoms with van der Waals surface area (Å²) in [7, 11) is 2.00. The molecular formula is C14H25NO4. The first-order valence-electron chi connectivity index (χ1n) is 7.29. The Hall–Kier alpha value is -0.650. The van der Waals surface area contributed by atoms with Gasteiger partial charge in [0.25, 0.3) is 0 Å². The third kappa shape index (κ3) is 4.16. The van der Waals surface area contributed by atoms with E-state index in [9.17, 15) is 4.79 Å². The number of hydrogen-bond donors (Lipinski definition) is 0. The third-order valence-corrected chi connectivity index (χ3v) is 3.80. The zero-order valence-electron chi connectivity index (χ0n) is 12.0. The van der Waals surface area contributed by atoms with E-state index < -0.39 is 0 Å². The van der Waals surface area contributed by atoms with Crippen LogP contribution in [0.3, 0.4) is 0 Å². The lowest BCUT2D eigenvalue weighted by Crippen LogP contribution is -2.34. The molecule has 1 saturated carbocycles. The second kappa shape index (κ2) is 6.68. The molecule has 1 saturated heterocycles. The van der Waals surface area contributed by atoms with Crippen molar-refractivity contribution < 1.29 is 19.0 Å². The van der Waals surface area contributed by atoms with Crippen LogP contribution in [-0.4, -0.2) is 56.1 Å².